The van der Waals surface area contributed by atoms with Gasteiger partial charge in [-0.2, -0.15) is 13.2 Å². The summed E-state index contributed by atoms with van der Waals surface area (Å²) in [5.74, 6) is -0.647. The Kier molecular flexibility index (Phi) is 3.24. The van der Waals surface area contributed by atoms with Crippen molar-refractivity contribution in [2.24, 2.45) is 0 Å². The fraction of sp³-hybridized carbons (Fsp3) is 0.222. The Morgan fingerprint density at radius 1 is 1.40 bits per heavy atom. The van der Waals surface area contributed by atoms with Gasteiger partial charge in [0, 0.05) is 7.05 Å². The molecule has 1 rings (SSSR count). The minimum Gasteiger partial charge on any atom is -0.355 e. The van der Waals surface area contributed by atoms with E-state index in [2.05, 4.69) is 5.32 Å². The number of halogens is 4. The van der Waals surface area contributed by atoms with Gasteiger partial charge < -0.3 is 5.32 Å². The maximum absolute atomic E-state index is 12.3. The minimum atomic E-state index is -4.48. The van der Waals surface area contributed by atoms with Crippen LogP contribution in [-0.4, -0.2) is 13.0 Å². The molecule has 0 radical (unpaired) electrons. The Bertz CT molecular complexity index is 389. The quantitative estimate of drug-likeness (QED) is 0.800. The minimum absolute atomic E-state index is 0.0117. The first-order valence-corrected chi connectivity index (χ1v) is 4.33. The molecule has 0 aliphatic carbocycles. The molecule has 0 aliphatic rings. The van der Waals surface area contributed by atoms with Gasteiger partial charge in [-0.25, -0.2) is 0 Å². The Labute approximate surface area is 89.0 Å². The molecule has 15 heavy (non-hydrogen) atoms. The zero-order valence-corrected chi connectivity index (χ0v) is 8.41. The lowest BCUT2D eigenvalue weighted by Crippen LogP contribution is -2.19. The van der Waals surface area contributed by atoms with Gasteiger partial charge in [0.25, 0.3) is 5.91 Å². The van der Waals surface area contributed by atoms with Gasteiger partial charge in [-0.1, -0.05) is 11.6 Å². The van der Waals surface area contributed by atoms with Gasteiger partial charge in [-0.05, 0) is 18.2 Å². The van der Waals surface area contributed by atoms with Crippen molar-refractivity contribution >= 4 is 17.5 Å². The highest BCUT2D eigenvalue weighted by Crippen LogP contribution is 2.31. The Balaban J connectivity index is 3.23. The number of nitrogens with one attached hydrogen (secondary N) is 1. The summed E-state index contributed by atoms with van der Waals surface area (Å²) in [5.41, 5.74) is -1.08. The largest absolute Gasteiger partial charge is 0.416 e. The van der Waals surface area contributed by atoms with Crippen LogP contribution in [0.2, 0.25) is 5.02 Å². The van der Waals surface area contributed by atoms with E-state index in [1.54, 1.807) is 0 Å². The third kappa shape index (κ3) is 2.62. The normalized spacial score (nSPS) is 11.3. The lowest BCUT2D eigenvalue weighted by atomic mass is 10.1. The van der Waals surface area contributed by atoms with Crippen LogP contribution in [0.25, 0.3) is 0 Å². The van der Waals surface area contributed by atoms with Crippen molar-refractivity contribution in [1.29, 1.82) is 0 Å². The molecular weight excluding hydrogens is 231 g/mol. The summed E-state index contributed by atoms with van der Waals surface area (Å²) in [7, 11) is 1.32. The van der Waals surface area contributed by atoms with Gasteiger partial charge in [-0.15, -0.1) is 0 Å². The van der Waals surface area contributed by atoms with E-state index >= 15 is 0 Å². The van der Waals surface area contributed by atoms with Gasteiger partial charge >= 0.3 is 6.18 Å². The number of carbonyl (C=O) groups is 1. The number of hydrogen-bond donors (Lipinski definition) is 1. The highest BCUT2D eigenvalue weighted by molar-refractivity contribution is 6.33. The van der Waals surface area contributed by atoms with Crippen LogP contribution in [0.4, 0.5) is 13.2 Å². The van der Waals surface area contributed by atoms with Crippen LogP contribution in [0, 0.1) is 0 Å². The van der Waals surface area contributed by atoms with E-state index in [4.69, 9.17) is 11.6 Å². The molecule has 0 aliphatic heterocycles. The molecule has 0 saturated heterocycles. The highest BCUT2D eigenvalue weighted by Gasteiger charge is 2.31. The van der Waals surface area contributed by atoms with E-state index < -0.39 is 17.6 Å². The fourth-order valence-electron chi connectivity index (χ4n) is 1.01. The zero-order chi connectivity index (χ0) is 11.6. The molecule has 0 aromatic heterocycles. The summed E-state index contributed by atoms with van der Waals surface area (Å²) in [6.07, 6.45) is -4.48. The third-order valence-corrected chi connectivity index (χ3v) is 2.09. The first-order chi connectivity index (χ1) is 6.86. The van der Waals surface area contributed by atoms with Gasteiger partial charge in [0.1, 0.15) is 0 Å². The summed E-state index contributed by atoms with van der Waals surface area (Å²) >= 11 is 5.59. The molecule has 0 heterocycles. The van der Waals surface area contributed by atoms with Gasteiger partial charge in [0.2, 0.25) is 0 Å². The number of alkyl halides is 3. The average Bonchev–Trinajstić information content (AvgIpc) is 2.15. The van der Waals surface area contributed by atoms with Crippen molar-refractivity contribution in [3.63, 3.8) is 0 Å². The van der Waals surface area contributed by atoms with Crippen LogP contribution in [0.1, 0.15) is 15.9 Å². The number of hydrogen-bond acceptors (Lipinski definition) is 1. The van der Waals surface area contributed by atoms with E-state index in [0.717, 1.165) is 18.2 Å². The summed E-state index contributed by atoms with van der Waals surface area (Å²) in [6, 6.07) is 2.60. The van der Waals surface area contributed by atoms with E-state index in [0.29, 0.717) is 0 Å². The molecule has 1 amide bonds. The molecule has 1 N–H and O–H groups in total. The third-order valence-electron chi connectivity index (χ3n) is 1.77. The molecule has 0 unspecified atom stereocenters. The lowest BCUT2D eigenvalue weighted by molar-refractivity contribution is -0.137. The summed E-state index contributed by atoms with van der Waals surface area (Å²) in [5, 5.41) is 2.20. The molecule has 1 aromatic rings. The first-order valence-electron chi connectivity index (χ1n) is 3.95. The van der Waals surface area contributed by atoms with Crippen molar-refractivity contribution in [3.05, 3.63) is 34.3 Å². The molecule has 0 saturated carbocycles. The summed E-state index contributed by atoms with van der Waals surface area (Å²) in [6.45, 7) is 0. The van der Waals surface area contributed by atoms with Crippen LogP contribution in [0.5, 0.6) is 0 Å². The van der Waals surface area contributed by atoms with Crippen molar-refractivity contribution in [3.8, 4) is 0 Å². The molecular formula is C9H7ClF3NO. The molecule has 82 valence electrons. The average molecular weight is 238 g/mol. The van der Waals surface area contributed by atoms with Gasteiger partial charge in [-0.3, -0.25) is 4.79 Å². The second kappa shape index (κ2) is 4.10. The maximum Gasteiger partial charge on any atom is 0.416 e. The predicted octanol–water partition coefficient (Wildman–Crippen LogP) is 2.72. The number of rotatable bonds is 1. The molecule has 6 heteroatoms. The Morgan fingerprint density at radius 3 is 2.47 bits per heavy atom. The molecule has 1 aromatic carbocycles. The van der Waals surface area contributed by atoms with Crippen molar-refractivity contribution < 1.29 is 18.0 Å². The van der Waals surface area contributed by atoms with Crippen LogP contribution >= 0.6 is 11.6 Å². The van der Waals surface area contributed by atoms with Crippen LogP contribution in [0.15, 0.2) is 18.2 Å². The Hall–Kier alpha value is -1.23. The SMILES string of the molecule is CNC(=O)c1cc(C(F)(F)F)ccc1Cl. The van der Waals surface area contributed by atoms with E-state index in [1.165, 1.54) is 7.05 Å². The standard InChI is InChI=1S/C9H7ClF3NO/c1-14-8(15)6-4-5(9(11,12)13)2-3-7(6)10/h2-4H,1H3,(H,14,15). The maximum atomic E-state index is 12.3. The second-order valence-corrected chi connectivity index (χ2v) is 3.18. The monoisotopic (exact) mass is 237 g/mol. The smallest absolute Gasteiger partial charge is 0.355 e. The van der Waals surface area contributed by atoms with Crippen LogP contribution < -0.4 is 5.32 Å². The Morgan fingerprint density at radius 2 is 2.00 bits per heavy atom. The van der Waals surface area contributed by atoms with E-state index in [9.17, 15) is 18.0 Å². The van der Waals surface area contributed by atoms with E-state index in [-0.39, 0.29) is 10.6 Å². The topological polar surface area (TPSA) is 29.1 Å². The van der Waals surface area contributed by atoms with E-state index in [1.807, 2.05) is 0 Å². The van der Waals surface area contributed by atoms with Crippen molar-refractivity contribution in [2.75, 3.05) is 7.05 Å². The molecule has 0 atom stereocenters. The van der Waals surface area contributed by atoms with Gasteiger partial charge in [0.05, 0.1) is 16.1 Å². The number of benzene rings is 1. The number of amides is 1. The second-order valence-electron chi connectivity index (χ2n) is 2.77. The van der Waals surface area contributed by atoms with Crippen molar-refractivity contribution in [1.82, 2.24) is 5.32 Å². The van der Waals surface area contributed by atoms with Crippen LogP contribution in [0.3, 0.4) is 0 Å². The number of carbonyl (C=O) groups excluding carboxylic acids is 1. The highest BCUT2D eigenvalue weighted by atomic mass is 35.5. The first kappa shape index (κ1) is 11.8. The molecule has 2 nitrogen and oxygen atoms in total. The van der Waals surface area contributed by atoms with Crippen molar-refractivity contribution in [2.45, 2.75) is 6.18 Å². The predicted molar refractivity (Wildman–Crippen MR) is 49.8 cm³/mol. The summed E-state index contributed by atoms with van der Waals surface area (Å²) in [4.78, 5) is 11.2. The zero-order valence-electron chi connectivity index (χ0n) is 7.65. The fourth-order valence-corrected chi connectivity index (χ4v) is 1.21. The lowest BCUT2D eigenvalue weighted by Gasteiger charge is -2.09. The summed E-state index contributed by atoms with van der Waals surface area (Å²) < 4.78 is 36.9. The van der Waals surface area contributed by atoms with Crippen LogP contribution in [-0.2, 0) is 6.18 Å². The molecule has 0 fully saturated rings. The van der Waals surface area contributed by atoms with Gasteiger partial charge in [0.15, 0.2) is 0 Å². The molecule has 0 bridgehead atoms. The molecule has 0 spiro atoms.